The van der Waals surface area contributed by atoms with E-state index in [4.69, 9.17) is 4.74 Å². The molecule has 4 aromatic heterocycles. The number of carbonyl (C=O) groups excluding carboxylic acids is 1. The molecule has 1 saturated carbocycles. The quantitative estimate of drug-likeness (QED) is 0.422. The average molecular weight is 475 g/mol. The van der Waals surface area contributed by atoms with Crippen LogP contribution in [0.3, 0.4) is 0 Å². The SMILES string of the molecule is CCN1CC[C@@H]1COc1cnn(C)c1-c1ccn2nc(NC(=O)[C@H]3C[C@H]3c3ccn(C)n3)cc2c1. The first-order chi connectivity index (χ1) is 17.0. The highest BCUT2D eigenvalue weighted by molar-refractivity contribution is 5.95. The smallest absolute Gasteiger partial charge is 0.229 e. The Kier molecular flexibility index (Phi) is 5.32. The summed E-state index contributed by atoms with van der Waals surface area (Å²) >= 11 is 0. The van der Waals surface area contributed by atoms with Gasteiger partial charge in [0.15, 0.2) is 11.6 Å². The molecule has 0 unspecified atom stereocenters. The van der Waals surface area contributed by atoms with Gasteiger partial charge in [0.25, 0.3) is 0 Å². The van der Waals surface area contributed by atoms with Crippen LogP contribution in [0.4, 0.5) is 5.82 Å². The molecule has 35 heavy (non-hydrogen) atoms. The number of aryl methyl sites for hydroxylation is 2. The molecule has 10 heteroatoms. The summed E-state index contributed by atoms with van der Waals surface area (Å²) in [5, 5.41) is 16.4. The third kappa shape index (κ3) is 4.07. The fraction of sp³-hybridized carbons (Fsp3) is 0.440. The molecule has 2 aliphatic rings. The summed E-state index contributed by atoms with van der Waals surface area (Å²) in [6, 6.07) is 8.38. The topological polar surface area (TPSA) is 94.5 Å². The number of rotatable bonds is 8. The van der Waals surface area contributed by atoms with Gasteiger partial charge < -0.3 is 10.1 Å². The van der Waals surface area contributed by atoms with Crippen LogP contribution < -0.4 is 10.1 Å². The molecule has 0 radical (unpaired) electrons. The fourth-order valence-corrected chi connectivity index (χ4v) is 5.00. The van der Waals surface area contributed by atoms with Crippen LogP contribution >= 0.6 is 0 Å². The molecule has 4 aromatic rings. The van der Waals surface area contributed by atoms with Crippen molar-refractivity contribution in [3.05, 3.63) is 48.5 Å². The Morgan fingerprint density at radius 2 is 2.09 bits per heavy atom. The number of anilines is 1. The van der Waals surface area contributed by atoms with Gasteiger partial charge in [-0.1, -0.05) is 6.92 Å². The highest BCUT2D eigenvalue weighted by Gasteiger charge is 2.45. The monoisotopic (exact) mass is 474 g/mol. The van der Waals surface area contributed by atoms with Gasteiger partial charge in [0.1, 0.15) is 12.3 Å². The molecule has 0 spiro atoms. The number of nitrogens with zero attached hydrogens (tertiary/aromatic N) is 7. The predicted octanol–water partition coefficient (Wildman–Crippen LogP) is 2.68. The molecule has 1 saturated heterocycles. The Labute approximate surface area is 203 Å². The van der Waals surface area contributed by atoms with Crippen molar-refractivity contribution in [1.82, 2.24) is 34.1 Å². The van der Waals surface area contributed by atoms with Crippen molar-refractivity contribution in [2.24, 2.45) is 20.0 Å². The van der Waals surface area contributed by atoms with E-state index in [0.29, 0.717) is 18.5 Å². The van der Waals surface area contributed by atoms with Crippen LogP contribution in [0.2, 0.25) is 0 Å². The van der Waals surface area contributed by atoms with Crippen molar-refractivity contribution >= 4 is 17.2 Å². The van der Waals surface area contributed by atoms with E-state index >= 15 is 0 Å². The number of ether oxygens (including phenoxy) is 1. The number of carbonyl (C=O) groups is 1. The Balaban J connectivity index is 1.16. The molecule has 1 N–H and O–H groups in total. The van der Waals surface area contributed by atoms with Gasteiger partial charge in [-0.25, -0.2) is 4.52 Å². The zero-order valence-corrected chi connectivity index (χ0v) is 20.3. The van der Waals surface area contributed by atoms with Gasteiger partial charge in [0.2, 0.25) is 5.91 Å². The maximum Gasteiger partial charge on any atom is 0.229 e. The van der Waals surface area contributed by atoms with E-state index in [0.717, 1.165) is 47.7 Å². The van der Waals surface area contributed by atoms with Crippen molar-refractivity contribution < 1.29 is 9.53 Å². The minimum Gasteiger partial charge on any atom is -0.488 e. The fourth-order valence-electron chi connectivity index (χ4n) is 5.00. The van der Waals surface area contributed by atoms with E-state index in [-0.39, 0.29) is 17.7 Å². The second kappa shape index (κ2) is 8.53. The first-order valence-electron chi connectivity index (χ1n) is 12.2. The molecule has 1 amide bonds. The molecule has 1 aliphatic heterocycles. The van der Waals surface area contributed by atoms with Crippen molar-refractivity contribution in [1.29, 1.82) is 0 Å². The van der Waals surface area contributed by atoms with E-state index in [2.05, 4.69) is 32.4 Å². The minimum absolute atomic E-state index is 0.0104. The van der Waals surface area contributed by atoms with E-state index in [1.165, 1.54) is 6.42 Å². The van der Waals surface area contributed by atoms with Crippen LogP contribution in [0.15, 0.2) is 42.9 Å². The summed E-state index contributed by atoms with van der Waals surface area (Å²) in [6.07, 6.45) is 7.58. The first kappa shape index (κ1) is 21.8. The van der Waals surface area contributed by atoms with Crippen LogP contribution in [0.1, 0.15) is 31.4 Å². The molecule has 6 rings (SSSR count). The number of pyridine rings is 1. The Morgan fingerprint density at radius 1 is 1.20 bits per heavy atom. The third-order valence-electron chi connectivity index (χ3n) is 7.24. The first-order valence-corrected chi connectivity index (χ1v) is 12.2. The van der Waals surface area contributed by atoms with E-state index < -0.39 is 0 Å². The van der Waals surface area contributed by atoms with Crippen molar-refractivity contribution in [3.8, 4) is 17.0 Å². The molecule has 0 bridgehead atoms. The summed E-state index contributed by atoms with van der Waals surface area (Å²) in [5.74, 6) is 1.45. The molecule has 10 nitrogen and oxygen atoms in total. The highest BCUT2D eigenvalue weighted by Crippen LogP contribution is 2.47. The molecule has 182 valence electrons. The maximum absolute atomic E-state index is 12.8. The van der Waals surface area contributed by atoms with Gasteiger partial charge in [0, 0.05) is 62.5 Å². The van der Waals surface area contributed by atoms with Crippen molar-refractivity contribution in [2.75, 3.05) is 25.0 Å². The van der Waals surface area contributed by atoms with Crippen LogP contribution in [-0.4, -0.2) is 65.7 Å². The van der Waals surface area contributed by atoms with Crippen LogP contribution in [-0.2, 0) is 18.9 Å². The lowest BCUT2D eigenvalue weighted by Crippen LogP contribution is -2.50. The van der Waals surface area contributed by atoms with Crippen molar-refractivity contribution in [2.45, 2.75) is 31.7 Å². The summed E-state index contributed by atoms with van der Waals surface area (Å²) in [6.45, 7) is 5.04. The van der Waals surface area contributed by atoms with Crippen LogP contribution in [0.25, 0.3) is 16.8 Å². The predicted molar refractivity (Wildman–Crippen MR) is 131 cm³/mol. The van der Waals surface area contributed by atoms with Gasteiger partial charge in [-0.15, -0.1) is 0 Å². The Hall–Kier alpha value is -3.66. The van der Waals surface area contributed by atoms with E-state index in [9.17, 15) is 4.79 Å². The lowest BCUT2D eigenvalue weighted by Gasteiger charge is -2.39. The third-order valence-corrected chi connectivity index (χ3v) is 7.24. The Bertz CT molecular complexity index is 1380. The molecule has 2 fully saturated rings. The standard InChI is InChI=1S/C25H30N8O2/c1-4-32-9-6-17(32)15-35-22-14-26-31(3)24(22)16-5-10-33-18(11-16)12-23(29-33)27-25(34)20-13-19(20)21-7-8-30(2)28-21/h5,7-8,10-12,14,17,19-20H,4,6,9,13,15H2,1-3H3,(H,27,29,34)/t17-,19-,20+/m1/s1. The minimum atomic E-state index is -0.0567. The average Bonchev–Trinajstić information content (AvgIpc) is 3.11. The largest absolute Gasteiger partial charge is 0.488 e. The van der Waals surface area contributed by atoms with E-state index in [1.54, 1.807) is 15.4 Å². The number of aromatic nitrogens is 6. The summed E-state index contributed by atoms with van der Waals surface area (Å²) in [7, 11) is 3.81. The van der Waals surface area contributed by atoms with Gasteiger partial charge in [-0.05, 0) is 37.6 Å². The van der Waals surface area contributed by atoms with Crippen LogP contribution in [0, 0.1) is 5.92 Å². The van der Waals surface area contributed by atoms with Crippen LogP contribution in [0.5, 0.6) is 5.75 Å². The lowest BCUT2D eigenvalue weighted by molar-refractivity contribution is -0.117. The van der Waals surface area contributed by atoms with E-state index in [1.807, 2.05) is 55.4 Å². The molecule has 5 heterocycles. The number of hydrogen-bond donors (Lipinski definition) is 1. The maximum atomic E-state index is 12.8. The summed E-state index contributed by atoms with van der Waals surface area (Å²) in [4.78, 5) is 15.2. The normalized spacial score (nSPS) is 21.7. The zero-order valence-electron chi connectivity index (χ0n) is 20.3. The number of likely N-dealkylation sites (N-methyl/N-ethyl adjacent to an activating group) is 1. The second-order valence-electron chi connectivity index (χ2n) is 9.53. The highest BCUT2D eigenvalue weighted by atomic mass is 16.5. The van der Waals surface area contributed by atoms with Gasteiger partial charge in [-0.3, -0.25) is 19.1 Å². The van der Waals surface area contributed by atoms with Crippen molar-refractivity contribution in [3.63, 3.8) is 0 Å². The van der Waals surface area contributed by atoms with Gasteiger partial charge in [0.05, 0.1) is 17.4 Å². The van der Waals surface area contributed by atoms with Gasteiger partial charge in [-0.2, -0.15) is 15.3 Å². The molecular formula is C25H30N8O2. The molecule has 0 aromatic carbocycles. The number of fused-ring (bicyclic) bond motifs is 1. The number of hydrogen-bond acceptors (Lipinski definition) is 6. The number of nitrogens with one attached hydrogen (secondary N) is 1. The Morgan fingerprint density at radius 3 is 2.83 bits per heavy atom. The summed E-state index contributed by atoms with van der Waals surface area (Å²) < 4.78 is 11.6. The summed E-state index contributed by atoms with van der Waals surface area (Å²) in [5.41, 5.74) is 3.78. The molecule has 1 aliphatic carbocycles. The lowest BCUT2D eigenvalue weighted by atomic mass is 10.0. The molecular weight excluding hydrogens is 444 g/mol. The number of likely N-dealkylation sites (tertiary alicyclic amines) is 1. The molecule has 3 atom stereocenters. The van der Waals surface area contributed by atoms with Gasteiger partial charge >= 0.3 is 0 Å². The number of amides is 1. The second-order valence-corrected chi connectivity index (χ2v) is 9.53. The zero-order chi connectivity index (χ0) is 24.1.